The van der Waals surface area contributed by atoms with Crippen molar-refractivity contribution in [2.24, 2.45) is 5.10 Å². The molecule has 6 nitrogen and oxygen atoms in total. The highest BCUT2D eigenvalue weighted by atomic mass is 35.5. The molecule has 2 aromatic heterocycles. The van der Waals surface area contributed by atoms with Crippen molar-refractivity contribution in [3.63, 3.8) is 0 Å². The number of rotatable bonds is 7. The lowest BCUT2D eigenvalue weighted by molar-refractivity contribution is 0.268. The fraction of sp³-hybridized carbons (Fsp3) is 0.278. The Morgan fingerprint density at radius 2 is 2.12 bits per heavy atom. The first-order valence-corrected chi connectivity index (χ1v) is 9.50. The summed E-state index contributed by atoms with van der Waals surface area (Å²) in [5, 5.41) is 14.0. The summed E-state index contributed by atoms with van der Waals surface area (Å²) in [5.41, 5.74) is 0.909. The highest BCUT2D eigenvalue weighted by Crippen LogP contribution is 2.26. The van der Waals surface area contributed by atoms with E-state index in [9.17, 15) is 0 Å². The maximum atomic E-state index is 6.10. The number of aromatic nitrogens is 3. The minimum absolute atomic E-state index is 0.317. The lowest BCUT2D eigenvalue weighted by Crippen LogP contribution is -1.96. The summed E-state index contributed by atoms with van der Waals surface area (Å²) in [6, 6.07) is 9.29. The van der Waals surface area contributed by atoms with Crippen LogP contribution < -0.4 is 4.74 Å². The second-order valence-corrected chi connectivity index (χ2v) is 7.11. The fourth-order valence-corrected chi connectivity index (χ4v) is 3.06. The number of ether oxygens (including phenoxy) is 1. The Labute approximate surface area is 161 Å². The van der Waals surface area contributed by atoms with Crippen LogP contribution >= 0.6 is 23.4 Å². The van der Waals surface area contributed by atoms with Crippen LogP contribution in [0.5, 0.6) is 5.75 Å². The quantitative estimate of drug-likeness (QED) is 0.431. The van der Waals surface area contributed by atoms with Crippen LogP contribution in [0.15, 0.2) is 45.0 Å². The Morgan fingerprint density at radius 3 is 2.92 bits per heavy atom. The molecule has 0 fully saturated rings. The number of hydrogen-bond donors (Lipinski definition) is 0. The second kappa shape index (κ2) is 8.42. The Bertz CT molecular complexity index is 920. The van der Waals surface area contributed by atoms with Crippen molar-refractivity contribution in [3.05, 3.63) is 58.3 Å². The fourth-order valence-electron chi connectivity index (χ4n) is 2.24. The molecule has 136 valence electrons. The third-order valence-electron chi connectivity index (χ3n) is 3.61. The van der Waals surface area contributed by atoms with Crippen molar-refractivity contribution in [2.45, 2.75) is 32.5 Å². The number of aryl methyl sites for hydroxylation is 1. The second-order valence-electron chi connectivity index (χ2n) is 5.47. The van der Waals surface area contributed by atoms with Crippen LogP contribution in [0.2, 0.25) is 5.02 Å². The van der Waals surface area contributed by atoms with Crippen molar-refractivity contribution >= 4 is 29.6 Å². The van der Waals surface area contributed by atoms with Crippen LogP contribution in [0.25, 0.3) is 0 Å². The third-order valence-corrected chi connectivity index (χ3v) is 4.82. The molecule has 26 heavy (non-hydrogen) atoms. The zero-order valence-corrected chi connectivity index (χ0v) is 16.3. The van der Waals surface area contributed by atoms with Gasteiger partial charge in [0, 0.05) is 10.6 Å². The van der Waals surface area contributed by atoms with Crippen LogP contribution in [0.1, 0.15) is 29.8 Å². The summed E-state index contributed by atoms with van der Waals surface area (Å²) in [6.07, 6.45) is 1.64. The van der Waals surface area contributed by atoms with Crippen LogP contribution in [-0.4, -0.2) is 26.8 Å². The van der Waals surface area contributed by atoms with Crippen molar-refractivity contribution in [2.75, 3.05) is 5.75 Å². The minimum Gasteiger partial charge on any atom is -0.485 e. The number of nitrogens with zero attached hydrogens (tertiary/aromatic N) is 4. The Kier molecular flexibility index (Phi) is 6.00. The summed E-state index contributed by atoms with van der Waals surface area (Å²) in [4.78, 5) is 0. The summed E-state index contributed by atoms with van der Waals surface area (Å²) in [5.74, 6) is 3.70. The van der Waals surface area contributed by atoms with E-state index >= 15 is 0 Å². The molecule has 0 saturated heterocycles. The van der Waals surface area contributed by atoms with Gasteiger partial charge in [0.15, 0.2) is 5.82 Å². The van der Waals surface area contributed by atoms with Gasteiger partial charge in [-0.1, -0.05) is 36.4 Å². The first-order chi connectivity index (χ1) is 12.6. The molecule has 3 rings (SSSR count). The molecule has 0 N–H and O–H groups in total. The molecule has 0 spiro atoms. The molecule has 0 saturated carbocycles. The van der Waals surface area contributed by atoms with Gasteiger partial charge in [-0.3, -0.25) is 0 Å². The Morgan fingerprint density at radius 1 is 1.27 bits per heavy atom. The van der Waals surface area contributed by atoms with Gasteiger partial charge in [-0.15, -0.1) is 10.2 Å². The largest absolute Gasteiger partial charge is 0.485 e. The highest BCUT2D eigenvalue weighted by molar-refractivity contribution is 7.99. The van der Waals surface area contributed by atoms with E-state index in [2.05, 4.69) is 22.2 Å². The van der Waals surface area contributed by atoms with E-state index in [1.165, 1.54) is 0 Å². The van der Waals surface area contributed by atoms with Gasteiger partial charge in [0.05, 0.1) is 6.21 Å². The monoisotopic (exact) mass is 390 g/mol. The van der Waals surface area contributed by atoms with Gasteiger partial charge in [-0.2, -0.15) is 9.78 Å². The first-order valence-electron chi connectivity index (χ1n) is 8.14. The van der Waals surface area contributed by atoms with E-state index in [0.717, 1.165) is 28.0 Å². The Balaban J connectivity index is 1.67. The standard InChI is InChI=1S/C18H19ClN4O2S/c1-4-26-18-22-21-13(3)23(18)20-10-14-8-9-15(25-14)11-24-17-7-5-6-16(19)12(17)2/h5-10H,4,11H2,1-3H3/b20-10+. The predicted molar refractivity (Wildman–Crippen MR) is 103 cm³/mol. The van der Waals surface area contributed by atoms with Gasteiger partial charge in [0.1, 0.15) is 23.9 Å². The number of hydrogen-bond acceptors (Lipinski definition) is 6. The average molecular weight is 391 g/mol. The van der Waals surface area contributed by atoms with E-state index in [0.29, 0.717) is 23.2 Å². The van der Waals surface area contributed by atoms with Crippen LogP contribution in [0.3, 0.4) is 0 Å². The zero-order chi connectivity index (χ0) is 18.5. The SMILES string of the molecule is CCSc1nnc(C)n1/N=C/c1ccc(COc2cccc(Cl)c2C)o1. The van der Waals surface area contributed by atoms with Gasteiger partial charge in [-0.05, 0) is 43.9 Å². The molecule has 0 aliphatic rings. The lowest BCUT2D eigenvalue weighted by Gasteiger charge is -2.08. The summed E-state index contributed by atoms with van der Waals surface area (Å²) >= 11 is 7.69. The first kappa shape index (κ1) is 18.5. The van der Waals surface area contributed by atoms with Gasteiger partial charge < -0.3 is 9.15 Å². The molecule has 0 atom stereocenters. The van der Waals surface area contributed by atoms with E-state index in [-0.39, 0.29) is 0 Å². The zero-order valence-electron chi connectivity index (χ0n) is 14.8. The molecule has 0 aliphatic heterocycles. The maximum absolute atomic E-state index is 6.10. The van der Waals surface area contributed by atoms with Crippen LogP contribution in [0.4, 0.5) is 0 Å². The molecule has 3 aromatic rings. The number of benzene rings is 1. The average Bonchev–Trinajstić information content (AvgIpc) is 3.22. The van der Waals surface area contributed by atoms with Crippen molar-refractivity contribution < 1.29 is 9.15 Å². The normalized spacial score (nSPS) is 11.4. The maximum Gasteiger partial charge on any atom is 0.212 e. The molecular weight excluding hydrogens is 372 g/mol. The van der Waals surface area contributed by atoms with Crippen LogP contribution in [0, 0.1) is 13.8 Å². The minimum atomic E-state index is 0.317. The van der Waals surface area contributed by atoms with E-state index in [1.54, 1.807) is 22.7 Å². The molecule has 0 unspecified atom stereocenters. The molecular formula is C18H19ClN4O2S. The number of furan rings is 1. The molecule has 0 amide bonds. The Hall–Kier alpha value is -2.25. The summed E-state index contributed by atoms with van der Waals surface area (Å²) in [6.45, 7) is 6.16. The highest BCUT2D eigenvalue weighted by Gasteiger charge is 2.08. The molecule has 0 aliphatic carbocycles. The summed E-state index contributed by atoms with van der Waals surface area (Å²) < 4.78 is 13.2. The van der Waals surface area contributed by atoms with Crippen molar-refractivity contribution in [1.29, 1.82) is 0 Å². The number of thioether (sulfide) groups is 1. The van der Waals surface area contributed by atoms with Crippen LogP contribution in [-0.2, 0) is 6.61 Å². The third kappa shape index (κ3) is 4.28. The molecule has 0 bridgehead atoms. The number of halogens is 1. The van der Waals surface area contributed by atoms with Gasteiger partial charge in [-0.25, -0.2) is 0 Å². The predicted octanol–water partition coefficient (Wildman–Crippen LogP) is 4.71. The van der Waals surface area contributed by atoms with Crippen molar-refractivity contribution in [1.82, 2.24) is 14.9 Å². The lowest BCUT2D eigenvalue weighted by atomic mass is 10.2. The van der Waals surface area contributed by atoms with Gasteiger partial charge in [0.25, 0.3) is 0 Å². The molecule has 1 aromatic carbocycles. The summed E-state index contributed by atoms with van der Waals surface area (Å²) in [7, 11) is 0. The van der Waals surface area contributed by atoms with E-state index < -0.39 is 0 Å². The molecule has 2 heterocycles. The van der Waals surface area contributed by atoms with Gasteiger partial charge >= 0.3 is 0 Å². The smallest absolute Gasteiger partial charge is 0.212 e. The van der Waals surface area contributed by atoms with E-state index in [4.69, 9.17) is 20.8 Å². The topological polar surface area (TPSA) is 65.4 Å². The van der Waals surface area contributed by atoms with Crippen molar-refractivity contribution in [3.8, 4) is 5.75 Å². The molecule has 0 radical (unpaired) electrons. The van der Waals surface area contributed by atoms with Gasteiger partial charge in [0.2, 0.25) is 5.16 Å². The van der Waals surface area contributed by atoms with E-state index in [1.807, 2.05) is 44.2 Å². The molecule has 8 heteroatoms.